The van der Waals surface area contributed by atoms with Crippen molar-refractivity contribution in [1.82, 2.24) is 9.62 Å². The Morgan fingerprint density at radius 2 is 1.60 bits per heavy atom. The molecule has 0 aromatic heterocycles. The molecule has 2 aromatic rings. The van der Waals surface area contributed by atoms with E-state index in [2.05, 4.69) is 21.8 Å². The van der Waals surface area contributed by atoms with Crippen molar-refractivity contribution in [3.05, 3.63) is 66.0 Å². The summed E-state index contributed by atoms with van der Waals surface area (Å²) in [6.07, 6.45) is 1.54. The maximum atomic E-state index is 12.9. The first kappa shape index (κ1) is 19.8. The van der Waals surface area contributed by atoms with Gasteiger partial charge in [-0.15, -0.1) is 12.4 Å². The first-order valence-electron chi connectivity index (χ1n) is 8.07. The van der Waals surface area contributed by atoms with Gasteiger partial charge in [0.2, 0.25) is 10.0 Å². The van der Waals surface area contributed by atoms with Crippen molar-refractivity contribution in [3.63, 3.8) is 0 Å². The Bertz CT molecular complexity index is 761. The van der Waals surface area contributed by atoms with Crippen LogP contribution in [0.1, 0.15) is 18.4 Å². The van der Waals surface area contributed by atoms with Crippen LogP contribution in [0.25, 0.3) is 0 Å². The van der Waals surface area contributed by atoms with E-state index < -0.39 is 15.8 Å². The second kappa shape index (κ2) is 8.76. The third kappa shape index (κ3) is 5.51. The minimum Gasteiger partial charge on any atom is -0.299 e. The molecule has 3 rings (SSSR count). The van der Waals surface area contributed by atoms with Gasteiger partial charge in [0.25, 0.3) is 0 Å². The van der Waals surface area contributed by atoms with Crippen LogP contribution in [0, 0.1) is 5.82 Å². The Balaban J connectivity index is 0.00000225. The van der Waals surface area contributed by atoms with Crippen LogP contribution in [0.3, 0.4) is 0 Å². The number of nitrogens with zero attached hydrogens (tertiary/aromatic N) is 1. The molecule has 0 radical (unpaired) electrons. The summed E-state index contributed by atoms with van der Waals surface area (Å²) in [5.41, 5.74) is 1.27. The first-order chi connectivity index (χ1) is 11.5. The number of nitrogens with one attached hydrogen (secondary N) is 1. The molecule has 1 heterocycles. The fourth-order valence-corrected chi connectivity index (χ4v) is 4.26. The molecule has 0 unspecified atom stereocenters. The highest BCUT2D eigenvalue weighted by atomic mass is 35.5. The van der Waals surface area contributed by atoms with Crippen LogP contribution in [0.4, 0.5) is 4.39 Å². The molecule has 7 heteroatoms. The molecule has 1 aliphatic heterocycles. The van der Waals surface area contributed by atoms with Gasteiger partial charge in [-0.2, -0.15) is 0 Å². The zero-order valence-electron chi connectivity index (χ0n) is 13.8. The number of sulfonamides is 1. The molecule has 0 aliphatic carbocycles. The van der Waals surface area contributed by atoms with Gasteiger partial charge in [0, 0.05) is 25.7 Å². The van der Waals surface area contributed by atoms with Crippen LogP contribution < -0.4 is 4.72 Å². The summed E-state index contributed by atoms with van der Waals surface area (Å²) < 4.78 is 40.3. The van der Waals surface area contributed by atoms with Crippen molar-refractivity contribution in [2.45, 2.75) is 30.3 Å². The lowest BCUT2D eigenvalue weighted by Gasteiger charge is -2.32. The Morgan fingerprint density at radius 1 is 1.00 bits per heavy atom. The number of benzene rings is 2. The third-order valence-electron chi connectivity index (χ3n) is 4.28. The number of piperidine rings is 1. The second-order valence-corrected chi connectivity index (χ2v) is 7.83. The van der Waals surface area contributed by atoms with Crippen LogP contribution in [0.5, 0.6) is 0 Å². The van der Waals surface area contributed by atoms with Gasteiger partial charge in [0.15, 0.2) is 0 Å². The largest absolute Gasteiger partial charge is 0.299 e. The average molecular weight is 385 g/mol. The highest BCUT2D eigenvalue weighted by Gasteiger charge is 2.24. The summed E-state index contributed by atoms with van der Waals surface area (Å²) in [7, 11) is -3.59. The van der Waals surface area contributed by atoms with Crippen molar-refractivity contribution in [2.75, 3.05) is 13.1 Å². The lowest BCUT2D eigenvalue weighted by atomic mass is 10.1. The van der Waals surface area contributed by atoms with Gasteiger partial charge in [0.1, 0.15) is 5.82 Å². The molecule has 1 fully saturated rings. The van der Waals surface area contributed by atoms with Crippen LogP contribution in [0.2, 0.25) is 0 Å². The Labute approximate surface area is 154 Å². The second-order valence-electron chi connectivity index (χ2n) is 6.11. The molecule has 0 bridgehead atoms. The van der Waals surface area contributed by atoms with Crippen molar-refractivity contribution >= 4 is 22.4 Å². The monoisotopic (exact) mass is 384 g/mol. The van der Waals surface area contributed by atoms with E-state index in [9.17, 15) is 12.8 Å². The Morgan fingerprint density at radius 3 is 2.20 bits per heavy atom. The van der Waals surface area contributed by atoms with Gasteiger partial charge in [-0.3, -0.25) is 4.90 Å². The number of halogens is 2. The fraction of sp³-hybridized carbons (Fsp3) is 0.333. The van der Waals surface area contributed by atoms with Gasteiger partial charge < -0.3 is 0 Å². The first-order valence-corrected chi connectivity index (χ1v) is 9.55. The Hall–Kier alpha value is -1.47. The van der Waals surface area contributed by atoms with Crippen LogP contribution in [0.15, 0.2) is 59.5 Å². The quantitative estimate of drug-likeness (QED) is 0.861. The summed E-state index contributed by atoms with van der Waals surface area (Å²) >= 11 is 0. The fourth-order valence-electron chi connectivity index (χ4n) is 2.95. The van der Waals surface area contributed by atoms with E-state index in [1.54, 1.807) is 0 Å². The molecule has 0 atom stereocenters. The molecule has 1 aliphatic rings. The molecule has 1 N–H and O–H groups in total. The Kier molecular flexibility index (Phi) is 6.95. The molecule has 2 aromatic carbocycles. The van der Waals surface area contributed by atoms with Crippen molar-refractivity contribution in [2.24, 2.45) is 0 Å². The maximum absolute atomic E-state index is 12.9. The van der Waals surface area contributed by atoms with E-state index >= 15 is 0 Å². The summed E-state index contributed by atoms with van der Waals surface area (Å²) in [5.74, 6) is -0.442. The minimum atomic E-state index is -3.59. The summed E-state index contributed by atoms with van der Waals surface area (Å²) in [5, 5.41) is 0. The van der Waals surface area contributed by atoms with Gasteiger partial charge in [0.05, 0.1) is 4.90 Å². The van der Waals surface area contributed by atoms with E-state index in [0.29, 0.717) is 0 Å². The van der Waals surface area contributed by atoms with Crippen LogP contribution >= 0.6 is 12.4 Å². The smallest absolute Gasteiger partial charge is 0.240 e. The van der Waals surface area contributed by atoms with Crippen LogP contribution in [-0.4, -0.2) is 32.4 Å². The predicted molar refractivity (Wildman–Crippen MR) is 98.7 cm³/mol. The normalized spacial score (nSPS) is 16.4. The standard InChI is InChI=1S/C18H21FN2O2S.ClH/c19-16-6-8-18(9-7-16)24(22,23)20-17-10-12-21(13-11-17)14-15-4-2-1-3-5-15;/h1-9,17,20H,10-14H2;1H. The topological polar surface area (TPSA) is 49.4 Å². The summed E-state index contributed by atoms with van der Waals surface area (Å²) in [6.45, 7) is 2.59. The number of hydrogen-bond acceptors (Lipinski definition) is 3. The average Bonchev–Trinajstić information content (AvgIpc) is 2.58. The molecule has 0 spiro atoms. The summed E-state index contributed by atoms with van der Waals surface area (Å²) in [6, 6.07) is 15.1. The van der Waals surface area contributed by atoms with E-state index in [1.165, 1.54) is 17.7 Å². The minimum absolute atomic E-state index is 0. The molecule has 1 saturated heterocycles. The highest BCUT2D eigenvalue weighted by Crippen LogP contribution is 2.17. The number of likely N-dealkylation sites (tertiary alicyclic amines) is 1. The molecular formula is C18H22ClFN2O2S. The van der Waals surface area contributed by atoms with Gasteiger partial charge in [-0.25, -0.2) is 17.5 Å². The summed E-state index contributed by atoms with van der Waals surface area (Å²) in [4.78, 5) is 2.44. The molecule has 136 valence electrons. The lowest BCUT2D eigenvalue weighted by molar-refractivity contribution is 0.200. The van der Waals surface area contributed by atoms with Crippen molar-refractivity contribution in [3.8, 4) is 0 Å². The van der Waals surface area contributed by atoms with Crippen molar-refractivity contribution < 1.29 is 12.8 Å². The lowest BCUT2D eigenvalue weighted by Crippen LogP contribution is -2.44. The van der Waals surface area contributed by atoms with Gasteiger partial charge in [-0.1, -0.05) is 30.3 Å². The molecule has 25 heavy (non-hydrogen) atoms. The molecular weight excluding hydrogens is 363 g/mol. The van der Waals surface area contributed by atoms with Gasteiger partial charge in [-0.05, 0) is 42.7 Å². The van der Waals surface area contributed by atoms with Crippen LogP contribution in [-0.2, 0) is 16.6 Å². The number of hydrogen-bond donors (Lipinski definition) is 1. The maximum Gasteiger partial charge on any atom is 0.240 e. The molecule has 0 saturated carbocycles. The zero-order valence-corrected chi connectivity index (χ0v) is 15.4. The van der Waals surface area contributed by atoms with E-state index in [1.807, 2.05) is 18.2 Å². The van der Waals surface area contributed by atoms with Crippen molar-refractivity contribution in [1.29, 1.82) is 0 Å². The highest BCUT2D eigenvalue weighted by molar-refractivity contribution is 7.89. The molecule has 0 amide bonds. The van der Waals surface area contributed by atoms with E-state index in [4.69, 9.17) is 0 Å². The van der Waals surface area contributed by atoms with E-state index in [0.717, 1.165) is 44.6 Å². The zero-order chi connectivity index (χ0) is 17.0. The SMILES string of the molecule is Cl.O=S(=O)(NC1CCN(Cc2ccccc2)CC1)c1ccc(F)cc1. The van der Waals surface area contributed by atoms with Gasteiger partial charge >= 0.3 is 0 Å². The third-order valence-corrected chi connectivity index (χ3v) is 5.82. The number of rotatable bonds is 5. The van der Waals surface area contributed by atoms with E-state index in [-0.39, 0.29) is 23.3 Å². The molecule has 4 nitrogen and oxygen atoms in total. The predicted octanol–water partition coefficient (Wildman–Crippen LogP) is 3.19.